The summed E-state index contributed by atoms with van der Waals surface area (Å²) in [5, 5.41) is 9.54. The van der Waals surface area contributed by atoms with E-state index >= 15 is 0 Å². The van der Waals surface area contributed by atoms with Crippen LogP contribution in [0.2, 0.25) is 5.02 Å². The zero-order chi connectivity index (χ0) is 12.3. The molecule has 1 N–H and O–H groups in total. The number of halogens is 1. The number of nitrogens with zero attached hydrogens (tertiary/aromatic N) is 1. The fourth-order valence-corrected chi connectivity index (χ4v) is 2.84. The summed E-state index contributed by atoms with van der Waals surface area (Å²) >= 11 is 7.68. The third-order valence-electron chi connectivity index (χ3n) is 2.70. The molecule has 0 saturated carbocycles. The molecule has 0 unspecified atom stereocenters. The van der Waals surface area contributed by atoms with Gasteiger partial charge in [0.1, 0.15) is 5.75 Å². The van der Waals surface area contributed by atoms with Crippen molar-refractivity contribution in [1.82, 2.24) is 4.90 Å². The normalized spacial score (nSPS) is 16.6. The maximum absolute atomic E-state index is 12.2. The number of phenols is 1. The van der Waals surface area contributed by atoms with Crippen LogP contribution < -0.4 is 0 Å². The fraction of sp³-hybridized carbons (Fsp3) is 0.417. The Bertz CT molecular complexity index is 417. The van der Waals surface area contributed by atoms with E-state index in [1.165, 1.54) is 12.1 Å². The van der Waals surface area contributed by atoms with Crippen LogP contribution in [0.5, 0.6) is 5.75 Å². The smallest absolute Gasteiger partial charge is 0.253 e. The summed E-state index contributed by atoms with van der Waals surface area (Å²) < 4.78 is 0. The van der Waals surface area contributed by atoms with E-state index in [1.54, 1.807) is 6.07 Å². The van der Waals surface area contributed by atoms with E-state index in [-0.39, 0.29) is 16.7 Å². The number of thioether (sulfide) groups is 1. The Morgan fingerprint density at radius 1 is 1.35 bits per heavy atom. The number of hydrogen-bond acceptors (Lipinski definition) is 3. The van der Waals surface area contributed by atoms with Crippen molar-refractivity contribution in [3.63, 3.8) is 0 Å². The third-order valence-corrected chi connectivity index (χ3v) is 4.06. The largest absolute Gasteiger partial charge is 0.506 e. The van der Waals surface area contributed by atoms with Crippen molar-refractivity contribution < 1.29 is 9.90 Å². The quantitative estimate of drug-likeness (QED) is 0.854. The van der Waals surface area contributed by atoms with Gasteiger partial charge in [0, 0.05) is 24.4 Å². The first-order valence-electron chi connectivity index (χ1n) is 5.54. The Labute approximate surface area is 110 Å². The van der Waals surface area contributed by atoms with Crippen LogP contribution >= 0.6 is 23.4 Å². The molecule has 0 bridgehead atoms. The van der Waals surface area contributed by atoms with Gasteiger partial charge in [0.25, 0.3) is 5.91 Å². The number of amides is 1. The first kappa shape index (κ1) is 12.6. The topological polar surface area (TPSA) is 40.5 Å². The molecule has 0 spiro atoms. The van der Waals surface area contributed by atoms with Gasteiger partial charge in [-0.3, -0.25) is 4.79 Å². The van der Waals surface area contributed by atoms with Crippen molar-refractivity contribution in [1.29, 1.82) is 0 Å². The number of phenolic OH excluding ortho intramolecular Hbond substituents is 1. The molecule has 1 aromatic rings. The molecular weight excluding hydrogens is 258 g/mol. The first-order chi connectivity index (χ1) is 8.18. The van der Waals surface area contributed by atoms with Crippen molar-refractivity contribution in [2.45, 2.75) is 6.42 Å². The molecule has 92 valence electrons. The van der Waals surface area contributed by atoms with Gasteiger partial charge in [0.2, 0.25) is 0 Å². The van der Waals surface area contributed by atoms with Crippen LogP contribution in [0.4, 0.5) is 0 Å². The molecule has 17 heavy (non-hydrogen) atoms. The molecule has 5 heteroatoms. The van der Waals surface area contributed by atoms with E-state index in [4.69, 9.17) is 11.6 Å². The zero-order valence-electron chi connectivity index (χ0n) is 9.36. The van der Waals surface area contributed by atoms with Crippen LogP contribution in [-0.2, 0) is 0 Å². The summed E-state index contributed by atoms with van der Waals surface area (Å²) in [6, 6.07) is 4.60. The van der Waals surface area contributed by atoms with E-state index in [1.807, 2.05) is 16.7 Å². The van der Waals surface area contributed by atoms with Gasteiger partial charge >= 0.3 is 0 Å². The molecule has 1 heterocycles. The highest BCUT2D eigenvalue weighted by Gasteiger charge is 2.18. The number of rotatable bonds is 1. The fourth-order valence-electron chi connectivity index (χ4n) is 1.77. The Balaban J connectivity index is 2.14. The van der Waals surface area contributed by atoms with Crippen LogP contribution in [0.15, 0.2) is 18.2 Å². The monoisotopic (exact) mass is 271 g/mol. The van der Waals surface area contributed by atoms with Crippen molar-refractivity contribution in [3.05, 3.63) is 28.8 Å². The summed E-state index contributed by atoms with van der Waals surface area (Å²) in [5.41, 5.74) is 0.541. The predicted octanol–water partition coefficient (Wildman–Crippen LogP) is 2.62. The number of aromatic hydroxyl groups is 1. The molecule has 1 saturated heterocycles. The summed E-state index contributed by atoms with van der Waals surface area (Å²) in [7, 11) is 0. The average Bonchev–Trinajstić information content (AvgIpc) is 2.60. The predicted molar refractivity (Wildman–Crippen MR) is 71.0 cm³/mol. The second kappa shape index (κ2) is 5.65. The number of benzene rings is 1. The van der Waals surface area contributed by atoms with Crippen molar-refractivity contribution in [2.24, 2.45) is 0 Å². The van der Waals surface area contributed by atoms with Crippen LogP contribution in [0.3, 0.4) is 0 Å². The lowest BCUT2D eigenvalue weighted by molar-refractivity contribution is 0.0768. The maximum Gasteiger partial charge on any atom is 0.253 e. The van der Waals surface area contributed by atoms with Crippen molar-refractivity contribution >= 4 is 29.3 Å². The Hall–Kier alpha value is -0.870. The summed E-state index contributed by atoms with van der Waals surface area (Å²) in [5.74, 6) is 2.10. The molecule has 1 aliphatic rings. The molecule has 2 rings (SSSR count). The summed E-state index contributed by atoms with van der Waals surface area (Å²) in [4.78, 5) is 14.0. The maximum atomic E-state index is 12.2. The lowest BCUT2D eigenvalue weighted by Crippen LogP contribution is -2.32. The molecule has 1 amide bonds. The van der Waals surface area contributed by atoms with Gasteiger partial charge in [-0.15, -0.1) is 0 Å². The van der Waals surface area contributed by atoms with Crippen molar-refractivity contribution in [3.8, 4) is 5.75 Å². The molecular formula is C12H14ClNO2S. The molecule has 1 fully saturated rings. The Morgan fingerprint density at radius 3 is 2.94 bits per heavy atom. The molecule has 0 aromatic heterocycles. The molecule has 0 radical (unpaired) electrons. The average molecular weight is 272 g/mol. The van der Waals surface area contributed by atoms with Gasteiger partial charge in [-0.25, -0.2) is 0 Å². The number of carbonyl (C=O) groups excluding carboxylic acids is 1. The summed E-state index contributed by atoms with van der Waals surface area (Å²) in [6.45, 7) is 1.58. The third kappa shape index (κ3) is 3.07. The van der Waals surface area contributed by atoms with E-state index in [0.29, 0.717) is 5.56 Å². The van der Waals surface area contributed by atoms with Crippen LogP contribution in [0.1, 0.15) is 16.8 Å². The second-order valence-electron chi connectivity index (χ2n) is 3.92. The van der Waals surface area contributed by atoms with Gasteiger partial charge in [-0.1, -0.05) is 11.6 Å². The van der Waals surface area contributed by atoms with E-state index in [9.17, 15) is 9.90 Å². The Kier molecular flexibility index (Phi) is 4.18. The lowest BCUT2D eigenvalue weighted by atomic mass is 10.2. The number of carbonyl (C=O) groups is 1. The summed E-state index contributed by atoms with van der Waals surface area (Å²) in [6.07, 6.45) is 1.03. The van der Waals surface area contributed by atoms with Gasteiger partial charge in [-0.2, -0.15) is 11.8 Å². The van der Waals surface area contributed by atoms with Gasteiger partial charge in [0.05, 0.1) is 5.02 Å². The first-order valence-corrected chi connectivity index (χ1v) is 7.07. The molecule has 3 nitrogen and oxygen atoms in total. The van der Waals surface area contributed by atoms with Gasteiger partial charge in [0.15, 0.2) is 0 Å². The van der Waals surface area contributed by atoms with Crippen LogP contribution in [0.25, 0.3) is 0 Å². The SMILES string of the molecule is O=C(c1ccc(O)c(Cl)c1)N1CCCSCC1. The lowest BCUT2D eigenvalue weighted by Gasteiger charge is -2.20. The minimum Gasteiger partial charge on any atom is -0.506 e. The van der Waals surface area contributed by atoms with Crippen LogP contribution in [-0.4, -0.2) is 40.5 Å². The van der Waals surface area contributed by atoms with E-state index in [0.717, 1.165) is 31.0 Å². The highest BCUT2D eigenvalue weighted by molar-refractivity contribution is 7.99. The van der Waals surface area contributed by atoms with Crippen molar-refractivity contribution in [2.75, 3.05) is 24.6 Å². The minimum atomic E-state index is -0.00519. The standard InChI is InChI=1S/C12H14ClNO2S/c13-10-8-9(2-3-11(10)15)12(16)14-4-1-6-17-7-5-14/h2-3,8,15H,1,4-7H2. The second-order valence-corrected chi connectivity index (χ2v) is 5.56. The minimum absolute atomic E-state index is 0.00519. The molecule has 0 aliphatic carbocycles. The number of hydrogen-bond donors (Lipinski definition) is 1. The zero-order valence-corrected chi connectivity index (χ0v) is 10.9. The van der Waals surface area contributed by atoms with E-state index in [2.05, 4.69) is 0 Å². The molecule has 0 atom stereocenters. The highest BCUT2D eigenvalue weighted by Crippen LogP contribution is 2.24. The molecule has 1 aromatic carbocycles. The van der Waals surface area contributed by atoms with E-state index < -0.39 is 0 Å². The Morgan fingerprint density at radius 2 is 2.18 bits per heavy atom. The van der Waals surface area contributed by atoms with Crippen LogP contribution in [0, 0.1) is 0 Å². The highest BCUT2D eigenvalue weighted by atomic mass is 35.5. The van der Waals surface area contributed by atoms with Gasteiger partial charge in [-0.05, 0) is 30.4 Å². The molecule has 1 aliphatic heterocycles. The van der Waals surface area contributed by atoms with Gasteiger partial charge < -0.3 is 10.0 Å².